The third kappa shape index (κ3) is 5.06. The van der Waals surface area contributed by atoms with Crippen LogP contribution in [0.5, 0.6) is 0 Å². The lowest BCUT2D eigenvalue weighted by Gasteiger charge is -2.32. The van der Waals surface area contributed by atoms with Crippen molar-refractivity contribution in [2.75, 3.05) is 18.4 Å². The van der Waals surface area contributed by atoms with Crippen LogP contribution in [0.2, 0.25) is 0 Å². The van der Waals surface area contributed by atoms with Gasteiger partial charge in [0.2, 0.25) is 11.9 Å². The Morgan fingerprint density at radius 2 is 2.36 bits per heavy atom. The maximum atomic E-state index is 14.0. The molecule has 1 atom stereocenters. The molecular weight excluding hydrogens is 339 g/mol. The van der Waals surface area contributed by atoms with Gasteiger partial charge in [-0.15, -0.1) is 0 Å². The van der Waals surface area contributed by atoms with Gasteiger partial charge in [0.05, 0.1) is 4.88 Å². The second kappa shape index (κ2) is 8.01. The molecule has 7 heteroatoms. The summed E-state index contributed by atoms with van der Waals surface area (Å²) in [5, 5.41) is 2.89. The second-order valence-corrected chi connectivity index (χ2v) is 7.75. The van der Waals surface area contributed by atoms with Gasteiger partial charge in [-0.1, -0.05) is 11.3 Å². The average Bonchev–Trinajstić information content (AvgIpc) is 2.86. The van der Waals surface area contributed by atoms with Gasteiger partial charge in [0, 0.05) is 31.9 Å². The number of carbonyl (C=O) groups is 1. The number of amides is 1. The van der Waals surface area contributed by atoms with E-state index in [1.807, 2.05) is 13.1 Å². The third-order valence-electron chi connectivity index (χ3n) is 4.39. The highest BCUT2D eigenvalue weighted by Crippen LogP contribution is 2.27. The lowest BCUT2D eigenvalue weighted by Crippen LogP contribution is -2.35. The Bertz CT molecular complexity index is 748. The van der Waals surface area contributed by atoms with Crippen molar-refractivity contribution >= 4 is 22.4 Å². The summed E-state index contributed by atoms with van der Waals surface area (Å²) >= 11 is 1.22. The molecule has 25 heavy (non-hydrogen) atoms. The number of aromatic nitrogens is 2. The van der Waals surface area contributed by atoms with Crippen LogP contribution in [0.25, 0.3) is 0 Å². The lowest BCUT2D eigenvalue weighted by atomic mass is 9.91. The van der Waals surface area contributed by atoms with Crippen LogP contribution in [-0.2, 0) is 17.8 Å². The quantitative estimate of drug-likeness (QED) is 0.886. The fourth-order valence-electron chi connectivity index (χ4n) is 3.36. The molecule has 3 heterocycles. The fraction of sp³-hybridized carbons (Fsp3) is 0.500. The van der Waals surface area contributed by atoms with Crippen molar-refractivity contribution in [1.29, 1.82) is 0 Å². The van der Waals surface area contributed by atoms with E-state index in [4.69, 9.17) is 0 Å². The van der Waals surface area contributed by atoms with Crippen molar-refractivity contribution in [3.8, 4) is 0 Å². The number of likely N-dealkylation sites (tertiary alicyclic amines) is 1. The number of hydrogen-bond acceptors (Lipinski definition) is 5. The first-order valence-corrected chi connectivity index (χ1v) is 9.38. The van der Waals surface area contributed by atoms with Crippen LogP contribution in [-0.4, -0.2) is 33.9 Å². The van der Waals surface area contributed by atoms with E-state index in [0.717, 1.165) is 31.6 Å². The van der Waals surface area contributed by atoms with Gasteiger partial charge in [0.1, 0.15) is 0 Å². The van der Waals surface area contributed by atoms with Crippen molar-refractivity contribution in [2.24, 2.45) is 5.92 Å². The number of hydrogen-bond donors (Lipinski definition) is 1. The number of anilines is 1. The number of halogens is 1. The van der Waals surface area contributed by atoms with Gasteiger partial charge in [0.15, 0.2) is 5.13 Å². The molecule has 1 aliphatic rings. The number of piperidine rings is 1. The molecule has 134 valence electrons. The molecule has 5 nitrogen and oxygen atoms in total. The van der Waals surface area contributed by atoms with Gasteiger partial charge in [-0.2, -0.15) is 9.37 Å². The van der Waals surface area contributed by atoms with Crippen LogP contribution in [0.3, 0.4) is 0 Å². The Morgan fingerprint density at radius 3 is 3.12 bits per heavy atom. The highest BCUT2D eigenvalue weighted by molar-refractivity contribution is 7.15. The van der Waals surface area contributed by atoms with Crippen LogP contribution in [0.4, 0.5) is 9.52 Å². The first kappa shape index (κ1) is 17.9. The molecule has 0 radical (unpaired) electrons. The van der Waals surface area contributed by atoms with Crippen molar-refractivity contribution in [3.63, 3.8) is 0 Å². The highest BCUT2D eigenvalue weighted by Gasteiger charge is 2.22. The molecule has 0 bridgehead atoms. The summed E-state index contributed by atoms with van der Waals surface area (Å²) in [6.45, 7) is 5.88. The molecule has 1 amide bonds. The van der Waals surface area contributed by atoms with Gasteiger partial charge in [-0.25, -0.2) is 0 Å². The molecule has 2 aromatic rings. The maximum absolute atomic E-state index is 14.0. The molecule has 3 rings (SSSR count). The number of nitrogens with zero attached hydrogens (tertiary/aromatic N) is 3. The topological polar surface area (TPSA) is 58.1 Å². The monoisotopic (exact) mass is 362 g/mol. The Labute approximate surface area is 151 Å². The van der Waals surface area contributed by atoms with Gasteiger partial charge >= 0.3 is 0 Å². The molecule has 0 saturated carbocycles. The van der Waals surface area contributed by atoms with E-state index in [1.54, 1.807) is 0 Å². The zero-order chi connectivity index (χ0) is 17.8. The normalized spacial score (nSPS) is 18.3. The van der Waals surface area contributed by atoms with Crippen molar-refractivity contribution in [3.05, 3.63) is 40.4 Å². The SMILES string of the molecule is CC(=O)Nc1nc(F)c(CN2CCCC(Cc3ccnc(C)c3)C2)s1. The second-order valence-electron chi connectivity index (χ2n) is 6.67. The standard InChI is InChI=1S/C18H23FN4OS/c1-12-8-14(5-6-20-12)9-15-4-3-7-23(10-15)11-16-17(19)22-18(25-16)21-13(2)24/h5-6,8,15H,3-4,7,9-11H2,1-2H3,(H,21,22,24). The lowest BCUT2D eigenvalue weighted by molar-refractivity contribution is -0.114. The smallest absolute Gasteiger partial charge is 0.230 e. The molecule has 1 saturated heterocycles. The number of thiazole rings is 1. The van der Waals surface area contributed by atoms with E-state index in [9.17, 15) is 9.18 Å². The van der Waals surface area contributed by atoms with Crippen LogP contribution in [0.15, 0.2) is 18.3 Å². The summed E-state index contributed by atoms with van der Waals surface area (Å²) in [7, 11) is 0. The van der Waals surface area contributed by atoms with Crippen LogP contribution in [0.1, 0.15) is 35.9 Å². The maximum Gasteiger partial charge on any atom is 0.230 e. The molecule has 0 aliphatic carbocycles. The first-order chi connectivity index (χ1) is 12.0. The molecule has 0 spiro atoms. The van der Waals surface area contributed by atoms with Crippen molar-refractivity contribution in [1.82, 2.24) is 14.9 Å². The van der Waals surface area contributed by atoms with E-state index >= 15 is 0 Å². The summed E-state index contributed by atoms with van der Waals surface area (Å²) in [5.41, 5.74) is 2.36. The van der Waals surface area contributed by atoms with Gasteiger partial charge in [-0.3, -0.25) is 14.7 Å². The average molecular weight is 362 g/mol. The number of nitrogens with one attached hydrogen (secondary N) is 1. The summed E-state index contributed by atoms with van der Waals surface area (Å²) < 4.78 is 14.0. The van der Waals surface area contributed by atoms with E-state index in [-0.39, 0.29) is 5.91 Å². The van der Waals surface area contributed by atoms with Crippen molar-refractivity contribution < 1.29 is 9.18 Å². The predicted octanol–water partition coefficient (Wildman–Crippen LogP) is 3.40. The molecule has 1 aliphatic heterocycles. The van der Waals surface area contributed by atoms with Gasteiger partial charge in [-0.05, 0) is 56.3 Å². The summed E-state index contributed by atoms with van der Waals surface area (Å²) in [4.78, 5) is 22.0. The molecular formula is C18H23FN4OS. The fourth-order valence-corrected chi connectivity index (χ4v) is 4.29. The minimum Gasteiger partial charge on any atom is -0.302 e. The molecule has 1 fully saturated rings. The van der Waals surface area contributed by atoms with Crippen LogP contribution >= 0.6 is 11.3 Å². The van der Waals surface area contributed by atoms with Gasteiger partial charge < -0.3 is 5.32 Å². The predicted molar refractivity (Wildman–Crippen MR) is 97.1 cm³/mol. The minimum absolute atomic E-state index is 0.231. The van der Waals surface area contributed by atoms with E-state index in [1.165, 1.54) is 30.2 Å². The van der Waals surface area contributed by atoms with E-state index in [0.29, 0.717) is 22.5 Å². The first-order valence-electron chi connectivity index (χ1n) is 8.56. The zero-order valence-electron chi connectivity index (χ0n) is 14.6. The van der Waals surface area contributed by atoms with E-state index in [2.05, 4.69) is 32.3 Å². The Balaban J connectivity index is 1.60. The molecule has 1 unspecified atom stereocenters. The summed E-state index contributed by atoms with van der Waals surface area (Å²) in [5.74, 6) is -0.132. The third-order valence-corrected chi connectivity index (χ3v) is 5.32. The Kier molecular flexibility index (Phi) is 5.75. The molecule has 0 aromatic carbocycles. The molecule has 1 N–H and O–H groups in total. The van der Waals surface area contributed by atoms with Crippen LogP contribution < -0.4 is 5.32 Å². The highest BCUT2D eigenvalue weighted by atomic mass is 32.1. The van der Waals surface area contributed by atoms with Crippen LogP contribution in [0, 0.1) is 18.8 Å². The van der Waals surface area contributed by atoms with Gasteiger partial charge in [0.25, 0.3) is 0 Å². The zero-order valence-corrected chi connectivity index (χ0v) is 15.4. The number of carbonyl (C=O) groups excluding carboxylic acids is 1. The van der Waals surface area contributed by atoms with Crippen molar-refractivity contribution in [2.45, 2.75) is 39.7 Å². The summed E-state index contributed by atoms with van der Waals surface area (Å²) in [6.07, 6.45) is 5.21. The number of aryl methyl sites for hydroxylation is 1. The molecule has 2 aromatic heterocycles. The number of pyridine rings is 1. The van der Waals surface area contributed by atoms with E-state index < -0.39 is 5.95 Å². The largest absolute Gasteiger partial charge is 0.302 e. The summed E-state index contributed by atoms with van der Waals surface area (Å²) in [6, 6.07) is 4.22. The number of rotatable bonds is 5. The minimum atomic E-state index is -0.472. The Morgan fingerprint density at radius 1 is 1.52 bits per heavy atom. The Hall–Kier alpha value is -1.86.